The predicted molar refractivity (Wildman–Crippen MR) is 83.5 cm³/mol. The smallest absolute Gasteiger partial charge is 0.0467 e. The summed E-state index contributed by atoms with van der Waals surface area (Å²) in [7, 11) is 1.79. The second-order valence-electron chi connectivity index (χ2n) is 8.90. The Bertz CT molecular complexity index is 265. The molecule has 0 heterocycles. The fraction of sp³-hybridized carbons (Fsp3) is 1.00. The molecule has 0 saturated heterocycles. The molecule has 1 fully saturated rings. The molecule has 1 saturated carbocycles. The Hall–Kier alpha value is -0.0800. The Balaban J connectivity index is 2.48. The lowest BCUT2D eigenvalue weighted by Crippen LogP contribution is -2.46. The highest BCUT2D eigenvalue weighted by Gasteiger charge is 2.38. The zero-order valence-electron chi connectivity index (χ0n) is 14.2. The highest BCUT2D eigenvalue weighted by Crippen LogP contribution is 2.45. The normalized spacial score (nSPS) is 23.5. The summed E-state index contributed by atoms with van der Waals surface area (Å²) in [6, 6.07) is 0.667. The maximum absolute atomic E-state index is 5.21. The molecule has 1 aliphatic rings. The molecule has 0 radical (unpaired) electrons. The third-order valence-corrected chi connectivity index (χ3v) is 4.41. The van der Waals surface area contributed by atoms with Crippen molar-refractivity contribution in [1.29, 1.82) is 0 Å². The van der Waals surface area contributed by atoms with Gasteiger partial charge in [-0.1, -0.05) is 41.5 Å². The Labute approximate surface area is 120 Å². The number of hydrogen-bond acceptors (Lipinski definition) is 2. The second kappa shape index (κ2) is 6.13. The van der Waals surface area contributed by atoms with Crippen LogP contribution in [0.2, 0.25) is 0 Å². The molecule has 0 aromatic heterocycles. The van der Waals surface area contributed by atoms with Gasteiger partial charge < -0.3 is 10.1 Å². The largest absolute Gasteiger partial charge is 0.385 e. The first-order chi connectivity index (χ1) is 8.55. The summed E-state index contributed by atoms with van der Waals surface area (Å²) >= 11 is 0. The van der Waals surface area contributed by atoms with Gasteiger partial charge in [-0.25, -0.2) is 0 Å². The molecule has 0 atom stereocenters. The summed E-state index contributed by atoms with van der Waals surface area (Å²) in [5.41, 5.74) is 1.26. The van der Waals surface area contributed by atoms with Crippen LogP contribution in [0.15, 0.2) is 0 Å². The van der Waals surface area contributed by atoms with Gasteiger partial charge in [0.25, 0.3) is 0 Å². The van der Waals surface area contributed by atoms with Gasteiger partial charge in [0.15, 0.2) is 0 Å². The third-order valence-electron chi connectivity index (χ3n) is 4.41. The van der Waals surface area contributed by atoms with Crippen molar-refractivity contribution >= 4 is 0 Å². The summed E-state index contributed by atoms with van der Waals surface area (Å²) in [6.07, 6.45) is 5.06. The first-order valence-electron chi connectivity index (χ1n) is 7.78. The molecular formula is C17H35NO. The number of ether oxygens (including phenoxy) is 1. The predicted octanol–water partition coefficient (Wildman–Crippen LogP) is 4.24. The highest BCUT2D eigenvalue weighted by molar-refractivity contribution is 4.92. The van der Waals surface area contributed by atoms with E-state index in [-0.39, 0.29) is 0 Å². The maximum Gasteiger partial charge on any atom is 0.0467 e. The van der Waals surface area contributed by atoms with Gasteiger partial charge in [0.1, 0.15) is 0 Å². The molecule has 0 spiro atoms. The average Bonchev–Trinajstić information content (AvgIpc) is 2.20. The SMILES string of the molecule is COCCC(C)(C)CNC1CC(C)(C)CC(C)(C)C1. The molecule has 1 aliphatic carbocycles. The van der Waals surface area contributed by atoms with Crippen molar-refractivity contribution in [2.75, 3.05) is 20.3 Å². The highest BCUT2D eigenvalue weighted by atomic mass is 16.5. The van der Waals surface area contributed by atoms with Gasteiger partial charge in [-0.05, 0) is 41.9 Å². The van der Waals surface area contributed by atoms with Crippen molar-refractivity contribution in [3.05, 3.63) is 0 Å². The van der Waals surface area contributed by atoms with E-state index in [9.17, 15) is 0 Å². The number of methoxy groups -OCH3 is 1. The fourth-order valence-corrected chi connectivity index (χ4v) is 3.88. The minimum absolute atomic E-state index is 0.321. The monoisotopic (exact) mass is 269 g/mol. The lowest BCUT2D eigenvalue weighted by atomic mass is 9.63. The summed E-state index contributed by atoms with van der Waals surface area (Å²) < 4.78 is 5.21. The number of nitrogens with one attached hydrogen (secondary N) is 1. The van der Waals surface area contributed by atoms with E-state index in [1.54, 1.807) is 7.11 Å². The Morgan fingerprint density at radius 3 is 2.11 bits per heavy atom. The van der Waals surface area contributed by atoms with E-state index < -0.39 is 0 Å². The van der Waals surface area contributed by atoms with Crippen molar-refractivity contribution in [1.82, 2.24) is 5.32 Å². The molecule has 2 heteroatoms. The van der Waals surface area contributed by atoms with Crippen LogP contribution < -0.4 is 5.32 Å². The first-order valence-corrected chi connectivity index (χ1v) is 7.78. The summed E-state index contributed by atoms with van der Waals surface area (Å²) in [6.45, 7) is 16.3. The molecule has 1 rings (SSSR count). The van der Waals surface area contributed by atoms with Crippen LogP contribution in [0.1, 0.15) is 67.2 Å². The molecule has 0 amide bonds. The lowest BCUT2D eigenvalue weighted by Gasteiger charge is -2.46. The molecule has 0 aromatic carbocycles. The fourth-order valence-electron chi connectivity index (χ4n) is 3.88. The second-order valence-corrected chi connectivity index (χ2v) is 8.90. The van der Waals surface area contributed by atoms with E-state index in [1.165, 1.54) is 19.3 Å². The summed E-state index contributed by atoms with van der Waals surface area (Å²) in [5, 5.41) is 3.83. The van der Waals surface area contributed by atoms with Crippen LogP contribution in [0.5, 0.6) is 0 Å². The molecular weight excluding hydrogens is 234 g/mol. The summed E-state index contributed by atoms with van der Waals surface area (Å²) in [5.74, 6) is 0. The molecule has 1 N–H and O–H groups in total. The van der Waals surface area contributed by atoms with E-state index in [2.05, 4.69) is 46.9 Å². The van der Waals surface area contributed by atoms with Crippen LogP contribution in [0.25, 0.3) is 0 Å². The van der Waals surface area contributed by atoms with E-state index in [0.29, 0.717) is 22.3 Å². The van der Waals surface area contributed by atoms with Crippen molar-refractivity contribution in [2.24, 2.45) is 16.2 Å². The quantitative estimate of drug-likeness (QED) is 0.778. The average molecular weight is 269 g/mol. The topological polar surface area (TPSA) is 21.3 Å². The van der Waals surface area contributed by atoms with Crippen molar-refractivity contribution in [3.8, 4) is 0 Å². The van der Waals surface area contributed by atoms with Gasteiger partial charge in [0, 0.05) is 26.3 Å². The molecule has 2 nitrogen and oxygen atoms in total. The Kier molecular flexibility index (Phi) is 5.48. The van der Waals surface area contributed by atoms with Gasteiger partial charge in [-0.15, -0.1) is 0 Å². The number of rotatable bonds is 6. The van der Waals surface area contributed by atoms with E-state index in [1.807, 2.05) is 0 Å². The van der Waals surface area contributed by atoms with Gasteiger partial charge in [-0.3, -0.25) is 0 Å². The van der Waals surface area contributed by atoms with Gasteiger partial charge >= 0.3 is 0 Å². The molecule has 0 aromatic rings. The van der Waals surface area contributed by atoms with Crippen molar-refractivity contribution < 1.29 is 4.74 Å². The minimum Gasteiger partial charge on any atom is -0.385 e. The van der Waals surface area contributed by atoms with Crippen LogP contribution in [-0.2, 0) is 4.74 Å². The summed E-state index contributed by atoms with van der Waals surface area (Å²) in [4.78, 5) is 0. The van der Waals surface area contributed by atoms with E-state index in [4.69, 9.17) is 4.74 Å². The van der Waals surface area contributed by atoms with Crippen LogP contribution in [0.4, 0.5) is 0 Å². The number of hydrogen-bond donors (Lipinski definition) is 1. The van der Waals surface area contributed by atoms with Crippen LogP contribution >= 0.6 is 0 Å². The van der Waals surface area contributed by atoms with Gasteiger partial charge in [0.05, 0.1) is 0 Å². The van der Waals surface area contributed by atoms with E-state index in [0.717, 1.165) is 19.6 Å². The van der Waals surface area contributed by atoms with Crippen LogP contribution in [-0.4, -0.2) is 26.3 Å². The minimum atomic E-state index is 0.321. The van der Waals surface area contributed by atoms with Crippen molar-refractivity contribution in [3.63, 3.8) is 0 Å². The Morgan fingerprint density at radius 2 is 1.63 bits per heavy atom. The Morgan fingerprint density at radius 1 is 1.11 bits per heavy atom. The molecule has 0 bridgehead atoms. The van der Waals surface area contributed by atoms with Gasteiger partial charge in [0.2, 0.25) is 0 Å². The van der Waals surface area contributed by atoms with E-state index >= 15 is 0 Å². The first kappa shape index (κ1) is 17.0. The zero-order valence-corrected chi connectivity index (χ0v) is 14.2. The molecule has 0 aliphatic heterocycles. The standard InChI is InChI=1S/C17H35NO/c1-15(2,8-9-19-7)13-18-14-10-16(3,4)12-17(5,6)11-14/h14,18H,8-13H2,1-7H3. The maximum atomic E-state index is 5.21. The van der Waals surface area contributed by atoms with Crippen LogP contribution in [0, 0.1) is 16.2 Å². The third kappa shape index (κ3) is 6.27. The molecule has 19 heavy (non-hydrogen) atoms. The van der Waals surface area contributed by atoms with Gasteiger partial charge in [-0.2, -0.15) is 0 Å². The molecule has 114 valence electrons. The zero-order chi connectivity index (χ0) is 14.7. The molecule has 0 unspecified atom stereocenters. The van der Waals surface area contributed by atoms with Crippen molar-refractivity contribution in [2.45, 2.75) is 73.3 Å². The van der Waals surface area contributed by atoms with Crippen LogP contribution in [0.3, 0.4) is 0 Å². The lowest BCUT2D eigenvalue weighted by molar-refractivity contribution is 0.0772.